The van der Waals surface area contributed by atoms with Crippen LogP contribution in [-0.4, -0.2) is 37.7 Å². The van der Waals surface area contributed by atoms with Gasteiger partial charge in [0.05, 0.1) is 18.8 Å². The van der Waals surface area contributed by atoms with E-state index in [1.165, 1.54) is 0 Å². The summed E-state index contributed by atoms with van der Waals surface area (Å²) >= 11 is 0. The van der Waals surface area contributed by atoms with Crippen LogP contribution >= 0.6 is 0 Å². The lowest BCUT2D eigenvalue weighted by atomic mass is 10.0. The van der Waals surface area contributed by atoms with Crippen LogP contribution in [0.4, 0.5) is 0 Å². The standard InChI is InChI=1S/C14H18O6/c1-4-7-9-8-20-12(15)10(9)11(13(16)18-5-2)14(17)19-6-3/h7H,4-6,8H2,1-3H3/b9-7+. The predicted molar refractivity (Wildman–Crippen MR) is 69.6 cm³/mol. The van der Waals surface area contributed by atoms with Gasteiger partial charge in [-0.05, 0) is 20.3 Å². The number of esters is 3. The van der Waals surface area contributed by atoms with Gasteiger partial charge >= 0.3 is 17.9 Å². The number of rotatable bonds is 5. The molecule has 6 nitrogen and oxygen atoms in total. The molecule has 1 fully saturated rings. The summed E-state index contributed by atoms with van der Waals surface area (Å²) in [5, 5.41) is 0. The summed E-state index contributed by atoms with van der Waals surface area (Å²) in [5.41, 5.74) is 0.0632. The smallest absolute Gasteiger partial charge is 0.346 e. The number of ether oxygens (including phenoxy) is 3. The van der Waals surface area contributed by atoms with Crippen molar-refractivity contribution in [3.63, 3.8) is 0 Å². The SMILES string of the molecule is CC/C=C1\COC(=O)C1=C(C(=O)OCC)C(=O)OCC. The Kier molecular flexibility index (Phi) is 5.96. The fourth-order valence-electron chi connectivity index (χ4n) is 1.78. The van der Waals surface area contributed by atoms with Gasteiger partial charge in [0, 0.05) is 5.57 Å². The average molecular weight is 282 g/mol. The lowest BCUT2D eigenvalue weighted by molar-refractivity contribution is -0.147. The van der Waals surface area contributed by atoms with Crippen LogP contribution in [0.1, 0.15) is 27.2 Å². The quantitative estimate of drug-likeness (QED) is 0.249. The van der Waals surface area contributed by atoms with Crippen molar-refractivity contribution in [2.75, 3.05) is 19.8 Å². The highest BCUT2D eigenvalue weighted by Crippen LogP contribution is 2.26. The summed E-state index contributed by atoms with van der Waals surface area (Å²) in [5.74, 6) is -2.45. The molecule has 0 amide bonds. The van der Waals surface area contributed by atoms with E-state index in [2.05, 4.69) is 0 Å². The van der Waals surface area contributed by atoms with Gasteiger partial charge < -0.3 is 14.2 Å². The molecule has 0 aromatic heterocycles. The van der Waals surface area contributed by atoms with Gasteiger partial charge in [-0.1, -0.05) is 13.0 Å². The van der Waals surface area contributed by atoms with Gasteiger partial charge in [0.15, 0.2) is 5.57 Å². The van der Waals surface area contributed by atoms with Crippen molar-refractivity contribution in [3.05, 3.63) is 22.8 Å². The van der Waals surface area contributed by atoms with E-state index in [0.29, 0.717) is 12.0 Å². The monoisotopic (exact) mass is 282 g/mol. The fourth-order valence-corrected chi connectivity index (χ4v) is 1.78. The van der Waals surface area contributed by atoms with Crippen LogP contribution in [0.15, 0.2) is 22.8 Å². The number of hydrogen-bond donors (Lipinski definition) is 0. The second-order valence-corrected chi connectivity index (χ2v) is 3.90. The van der Waals surface area contributed by atoms with Crippen LogP contribution in [0.3, 0.4) is 0 Å². The maximum absolute atomic E-state index is 11.9. The molecule has 1 aliphatic rings. The summed E-state index contributed by atoms with van der Waals surface area (Å²) in [4.78, 5) is 35.6. The maximum atomic E-state index is 11.9. The van der Waals surface area contributed by atoms with Crippen LogP contribution < -0.4 is 0 Å². The molecule has 1 aliphatic heterocycles. The predicted octanol–water partition coefficient (Wildman–Crippen LogP) is 1.30. The van der Waals surface area contributed by atoms with E-state index in [9.17, 15) is 14.4 Å². The van der Waals surface area contributed by atoms with Crippen molar-refractivity contribution in [2.45, 2.75) is 27.2 Å². The molecule has 110 valence electrons. The summed E-state index contributed by atoms with van der Waals surface area (Å²) in [6.45, 7) is 5.34. The fraction of sp³-hybridized carbons (Fsp3) is 0.500. The van der Waals surface area contributed by atoms with Crippen molar-refractivity contribution in [3.8, 4) is 0 Å². The first-order valence-corrected chi connectivity index (χ1v) is 6.51. The second-order valence-electron chi connectivity index (χ2n) is 3.90. The van der Waals surface area contributed by atoms with Crippen molar-refractivity contribution in [2.24, 2.45) is 0 Å². The molecule has 0 aromatic rings. The molecule has 0 unspecified atom stereocenters. The maximum Gasteiger partial charge on any atom is 0.346 e. The third-order valence-electron chi connectivity index (χ3n) is 2.54. The van der Waals surface area contributed by atoms with E-state index in [4.69, 9.17) is 14.2 Å². The molecular weight excluding hydrogens is 264 g/mol. The molecule has 0 aromatic carbocycles. The molecule has 0 atom stereocenters. The molecule has 20 heavy (non-hydrogen) atoms. The highest BCUT2D eigenvalue weighted by molar-refractivity contribution is 6.21. The van der Waals surface area contributed by atoms with Gasteiger partial charge in [-0.15, -0.1) is 0 Å². The van der Waals surface area contributed by atoms with Crippen LogP contribution in [0.5, 0.6) is 0 Å². The van der Waals surface area contributed by atoms with Crippen molar-refractivity contribution >= 4 is 17.9 Å². The van der Waals surface area contributed by atoms with Gasteiger partial charge in [-0.3, -0.25) is 0 Å². The average Bonchev–Trinajstić information content (AvgIpc) is 2.73. The lowest BCUT2D eigenvalue weighted by Crippen LogP contribution is -2.22. The Hall–Kier alpha value is -2.11. The number of carbonyl (C=O) groups excluding carboxylic acids is 3. The molecule has 1 heterocycles. The van der Waals surface area contributed by atoms with Crippen LogP contribution in [0, 0.1) is 0 Å². The second kappa shape index (κ2) is 7.47. The van der Waals surface area contributed by atoms with E-state index in [-0.39, 0.29) is 25.4 Å². The van der Waals surface area contributed by atoms with E-state index in [1.807, 2.05) is 6.92 Å². The largest absolute Gasteiger partial charge is 0.462 e. The summed E-state index contributed by atoms with van der Waals surface area (Å²) in [6, 6.07) is 0. The van der Waals surface area contributed by atoms with Crippen molar-refractivity contribution < 1.29 is 28.6 Å². The first-order valence-electron chi connectivity index (χ1n) is 6.51. The van der Waals surface area contributed by atoms with Crippen LogP contribution in [0.2, 0.25) is 0 Å². The van der Waals surface area contributed by atoms with E-state index in [0.717, 1.165) is 0 Å². The minimum Gasteiger partial charge on any atom is -0.462 e. The third kappa shape index (κ3) is 3.46. The van der Waals surface area contributed by atoms with Gasteiger partial charge in [0.1, 0.15) is 6.61 Å². The zero-order valence-corrected chi connectivity index (χ0v) is 11.9. The highest BCUT2D eigenvalue weighted by Gasteiger charge is 2.36. The topological polar surface area (TPSA) is 78.9 Å². The Labute approximate surface area is 117 Å². The summed E-state index contributed by atoms with van der Waals surface area (Å²) in [7, 11) is 0. The number of carbonyl (C=O) groups is 3. The molecule has 0 aliphatic carbocycles. The summed E-state index contributed by atoms with van der Waals surface area (Å²) in [6.07, 6.45) is 2.38. The van der Waals surface area contributed by atoms with E-state index in [1.54, 1.807) is 19.9 Å². The Morgan fingerprint density at radius 3 is 2.15 bits per heavy atom. The Morgan fingerprint density at radius 2 is 1.70 bits per heavy atom. The molecule has 0 saturated carbocycles. The molecule has 0 bridgehead atoms. The first-order chi connectivity index (χ1) is 9.56. The van der Waals surface area contributed by atoms with E-state index >= 15 is 0 Å². The zero-order valence-electron chi connectivity index (χ0n) is 11.9. The zero-order chi connectivity index (χ0) is 15.1. The number of hydrogen-bond acceptors (Lipinski definition) is 6. The Bertz CT molecular complexity index is 452. The molecule has 1 saturated heterocycles. The van der Waals surface area contributed by atoms with E-state index < -0.39 is 23.5 Å². The first kappa shape index (κ1) is 15.9. The minimum atomic E-state index is -0.873. The molecule has 1 rings (SSSR count). The summed E-state index contributed by atoms with van der Waals surface area (Å²) < 4.78 is 14.5. The molecule has 0 N–H and O–H groups in total. The number of cyclic esters (lactones) is 1. The molecular formula is C14H18O6. The lowest BCUT2D eigenvalue weighted by Gasteiger charge is -2.08. The minimum absolute atomic E-state index is 0.0459. The highest BCUT2D eigenvalue weighted by atomic mass is 16.6. The normalized spacial score (nSPS) is 16.1. The molecule has 6 heteroatoms. The van der Waals surface area contributed by atoms with Crippen molar-refractivity contribution in [1.29, 1.82) is 0 Å². The molecule has 0 radical (unpaired) electrons. The van der Waals surface area contributed by atoms with Crippen LogP contribution in [0.25, 0.3) is 0 Å². The van der Waals surface area contributed by atoms with Crippen LogP contribution in [-0.2, 0) is 28.6 Å². The Morgan fingerprint density at radius 1 is 1.15 bits per heavy atom. The van der Waals surface area contributed by atoms with Gasteiger partial charge in [0.2, 0.25) is 0 Å². The number of allylic oxidation sites excluding steroid dienone is 1. The third-order valence-corrected chi connectivity index (χ3v) is 2.54. The molecule has 0 spiro atoms. The van der Waals surface area contributed by atoms with Gasteiger partial charge in [0.25, 0.3) is 0 Å². The van der Waals surface area contributed by atoms with Gasteiger partial charge in [-0.25, -0.2) is 14.4 Å². The van der Waals surface area contributed by atoms with Crippen molar-refractivity contribution in [1.82, 2.24) is 0 Å². The van der Waals surface area contributed by atoms with Gasteiger partial charge in [-0.2, -0.15) is 0 Å². The Balaban J connectivity index is 3.34.